The standard InChI is InChI=1S/C16H24N2O2/c1-11(16(19)18(3)4)20-13-8-9-14-12(10-13)6-5-7-15(14)17-2/h8-11,15,17H,5-7H2,1-4H3. The van der Waals surface area contributed by atoms with Gasteiger partial charge in [-0.1, -0.05) is 6.07 Å². The van der Waals surface area contributed by atoms with Crippen molar-refractivity contribution in [2.75, 3.05) is 21.1 Å². The number of benzene rings is 1. The van der Waals surface area contributed by atoms with E-state index in [0.717, 1.165) is 12.2 Å². The van der Waals surface area contributed by atoms with Crippen LogP contribution in [0.1, 0.15) is 36.9 Å². The molecule has 110 valence electrons. The fraction of sp³-hybridized carbons (Fsp3) is 0.562. The number of carbonyl (C=O) groups excluding carboxylic acids is 1. The minimum Gasteiger partial charge on any atom is -0.481 e. The molecule has 1 N–H and O–H groups in total. The van der Waals surface area contributed by atoms with Crippen molar-refractivity contribution in [2.24, 2.45) is 0 Å². The third-order valence-corrected chi connectivity index (χ3v) is 3.88. The molecule has 2 rings (SSSR count). The summed E-state index contributed by atoms with van der Waals surface area (Å²) in [5.41, 5.74) is 2.69. The number of aryl methyl sites for hydroxylation is 1. The Morgan fingerprint density at radius 2 is 2.20 bits per heavy atom. The van der Waals surface area contributed by atoms with Crippen LogP contribution in [0.5, 0.6) is 5.75 Å². The first-order valence-electron chi connectivity index (χ1n) is 7.21. The molecule has 1 aromatic rings. The summed E-state index contributed by atoms with van der Waals surface area (Å²) in [7, 11) is 5.49. The number of fused-ring (bicyclic) bond motifs is 1. The van der Waals surface area contributed by atoms with Gasteiger partial charge in [-0.25, -0.2) is 0 Å². The zero-order valence-electron chi connectivity index (χ0n) is 12.8. The number of amides is 1. The highest BCUT2D eigenvalue weighted by atomic mass is 16.5. The van der Waals surface area contributed by atoms with Gasteiger partial charge in [-0.05, 0) is 56.5 Å². The number of nitrogens with zero attached hydrogens (tertiary/aromatic N) is 1. The van der Waals surface area contributed by atoms with Crippen molar-refractivity contribution >= 4 is 5.91 Å². The summed E-state index contributed by atoms with van der Waals surface area (Å²) in [5, 5.41) is 3.35. The Morgan fingerprint density at radius 1 is 1.45 bits per heavy atom. The first-order valence-corrected chi connectivity index (χ1v) is 7.21. The zero-order chi connectivity index (χ0) is 14.7. The summed E-state index contributed by atoms with van der Waals surface area (Å²) >= 11 is 0. The normalized spacial score (nSPS) is 19.1. The number of hydrogen-bond donors (Lipinski definition) is 1. The van der Waals surface area contributed by atoms with Gasteiger partial charge in [-0.15, -0.1) is 0 Å². The molecule has 4 heteroatoms. The van der Waals surface area contributed by atoms with Crippen LogP contribution in [0.25, 0.3) is 0 Å². The fourth-order valence-electron chi connectivity index (χ4n) is 2.78. The number of hydrogen-bond acceptors (Lipinski definition) is 3. The van der Waals surface area contributed by atoms with Crippen molar-refractivity contribution in [1.82, 2.24) is 10.2 Å². The lowest BCUT2D eigenvalue weighted by atomic mass is 9.87. The lowest BCUT2D eigenvalue weighted by molar-refractivity contribution is -0.135. The van der Waals surface area contributed by atoms with Gasteiger partial charge in [0.2, 0.25) is 0 Å². The third-order valence-electron chi connectivity index (χ3n) is 3.88. The molecule has 0 spiro atoms. The second kappa shape index (κ2) is 6.27. The Labute approximate surface area is 121 Å². The van der Waals surface area contributed by atoms with Gasteiger partial charge in [0.05, 0.1) is 0 Å². The van der Waals surface area contributed by atoms with Crippen molar-refractivity contribution in [3.63, 3.8) is 0 Å². The van der Waals surface area contributed by atoms with E-state index in [4.69, 9.17) is 4.74 Å². The molecule has 1 aliphatic rings. The van der Waals surface area contributed by atoms with Crippen LogP contribution >= 0.6 is 0 Å². The number of ether oxygens (including phenoxy) is 1. The molecule has 1 aliphatic carbocycles. The van der Waals surface area contributed by atoms with Crippen LogP contribution in [0.3, 0.4) is 0 Å². The summed E-state index contributed by atoms with van der Waals surface area (Å²) < 4.78 is 5.76. The van der Waals surface area contributed by atoms with E-state index >= 15 is 0 Å². The maximum absolute atomic E-state index is 11.8. The smallest absolute Gasteiger partial charge is 0.262 e. The van der Waals surface area contributed by atoms with E-state index in [9.17, 15) is 4.79 Å². The number of likely N-dealkylation sites (N-methyl/N-ethyl adjacent to an activating group) is 1. The molecule has 1 aromatic carbocycles. The maximum Gasteiger partial charge on any atom is 0.262 e. The fourth-order valence-corrected chi connectivity index (χ4v) is 2.78. The van der Waals surface area contributed by atoms with Crippen LogP contribution in [0.15, 0.2) is 18.2 Å². The molecule has 0 heterocycles. The minimum absolute atomic E-state index is 0.0178. The average molecular weight is 276 g/mol. The van der Waals surface area contributed by atoms with Crippen molar-refractivity contribution in [2.45, 2.75) is 38.3 Å². The van der Waals surface area contributed by atoms with Crippen LogP contribution in [0.4, 0.5) is 0 Å². The van der Waals surface area contributed by atoms with Gasteiger partial charge in [0.25, 0.3) is 5.91 Å². The molecule has 0 saturated heterocycles. The monoisotopic (exact) mass is 276 g/mol. The summed E-state index contributed by atoms with van der Waals surface area (Å²) in [6.45, 7) is 1.79. The molecule has 20 heavy (non-hydrogen) atoms. The predicted molar refractivity (Wildman–Crippen MR) is 80.0 cm³/mol. The van der Waals surface area contributed by atoms with Crippen molar-refractivity contribution < 1.29 is 9.53 Å². The van der Waals surface area contributed by atoms with Gasteiger partial charge in [0.1, 0.15) is 5.75 Å². The summed E-state index contributed by atoms with van der Waals surface area (Å²) in [6, 6.07) is 6.61. The van der Waals surface area contributed by atoms with E-state index in [2.05, 4.69) is 17.4 Å². The largest absolute Gasteiger partial charge is 0.481 e. The van der Waals surface area contributed by atoms with Crippen LogP contribution in [-0.2, 0) is 11.2 Å². The molecule has 4 nitrogen and oxygen atoms in total. The van der Waals surface area contributed by atoms with Crippen LogP contribution in [0, 0.1) is 0 Å². The topological polar surface area (TPSA) is 41.6 Å². The van der Waals surface area contributed by atoms with Gasteiger partial charge < -0.3 is 15.0 Å². The van der Waals surface area contributed by atoms with E-state index in [1.807, 2.05) is 13.1 Å². The van der Waals surface area contributed by atoms with E-state index in [1.165, 1.54) is 24.0 Å². The Hall–Kier alpha value is -1.55. The lowest BCUT2D eigenvalue weighted by Gasteiger charge is -2.26. The first-order chi connectivity index (χ1) is 9.52. The zero-order valence-corrected chi connectivity index (χ0v) is 12.8. The highest BCUT2D eigenvalue weighted by Gasteiger charge is 2.21. The minimum atomic E-state index is -0.452. The van der Waals surface area contributed by atoms with Crippen LogP contribution in [0.2, 0.25) is 0 Å². The number of nitrogens with one attached hydrogen (secondary N) is 1. The molecule has 0 aromatic heterocycles. The summed E-state index contributed by atoms with van der Waals surface area (Å²) in [5.74, 6) is 0.763. The molecule has 0 saturated carbocycles. The van der Waals surface area contributed by atoms with E-state index in [0.29, 0.717) is 6.04 Å². The Balaban J connectivity index is 2.13. The SMILES string of the molecule is CNC1CCCc2cc(OC(C)C(=O)N(C)C)ccc21. The molecule has 0 fully saturated rings. The Morgan fingerprint density at radius 3 is 2.85 bits per heavy atom. The molecule has 0 bridgehead atoms. The van der Waals surface area contributed by atoms with Crippen LogP contribution < -0.4 is 10.1 Å². The second-order valence-electron chi connectivity index (χ2n) is 5.59. The molecule has 2 unspecified atom stereocenters. The summed E-state index contributed by atoms with van der Waals surface area (Å²) in [6.07, 6.45) is 3.00. The first kappa shape index (κ1) is 14.9. The van der Waals surface area contributed by atoms with Gasteiger partial charge in [0, 0.05) is 20.1 Å². The predicted octanol–water partition coefficient (Wildman–Crippen LogP) is 2.14. The van der Waals surface area contributed by atoms with Crippen molar-refractivity contribution in [1.29, 1.82) is 0 Å². The molecule has 2 atom stereocenters. The lowest BCUT2D eigenvalue weighted by Crippen LogP contribution is -2.35. The number of carbonyl (C=O) groups is 1. The van der Waals surface area contributed by atoms with Crippen LogP contribution in [-0.4, -0.2) is 38.1 Å². The van der Waals surface area contributed by atoms with Gasteiger partial charge in [0.15, 0.2) is 6.10 Å². The molecular weight excluding hydrogens is 252 g/mol. The van der Waals surface area contributed by atoms with Crippen molar-refractivity contribution in [3.05, 3.63) is 29.3 Å². The quantitative estimate of drug-likeness (QED) is 0.916. The highest BCUT2D eigenvalue weighted by molar-refractivity contribution is 5.80. The molecule has 1 amide bonds. The van der Waals surface area contributed by atoms with Gasteiger partial charge in [-0.3, -0.25) is 4.79 Å². The van der Waals surface area contributed by atoms with Crippen molar-refractivity contribution in [3.8, 4) is 5.75 Å². The Bertz CT molecular complexity index is 485. The van der Waals surface area contributed by atoms with Gasteiger partial charge >= 0.3 is 0 Å². The molecule has 0 aliphatic heterocycles. The number of rotatable bonds is 4. The average Bonchev–Trinajstić information content (AvgIpc) is 2.45. The second-order valence-corrected chi connectivity index (χ2v) is 5.59. The van der Waals surface area contributed by atoms with E-state index in [-0.39, 0.29) is 5.91 Å². The van der Waals surface area contributed by atoms with E-state index < -0.39 is 6.10 Å². The maximum atomic E-state index is 11.8. The highest BCUT2D eigenvalue weighted by Crippen LogP contribution is 2.32. The summed E-state index contributed by atoms with van der Waals surface area (Å²) in [4.78, 5) is 13.4. The van der Waals surface area contributed by atoms with Gasteiger partial charge in [-0.2, -0.15) is 0 Å². The molecular formula is C16H24N2O2. The Kier molecular flexibility index (Phi) is 4.65. The molecule has 0 radical (unpaired) electrons. The van der Waals surface area contributed by atoms with E-state index in [1.54, 1.807) is 25.9 Å². The third kappa shape index (κ3) is 3.12.